The van der Waals surface area contributed by atoms with Crippen LogP contribution in [-0.4, -0.2) is 29.1 Å². The van der Waals surface area contributed by atoms with Crippen molar-refractivity contribution in [3.63, 3.8) is 0 Å². The summed E-state index contributed by atoms with van der Waals surface area (Å²) in [6.07, 6.45) is 3.31. The third kappa shape index (κ3) is 3.24. The highest BCUT2D eigenvalue weighted by Gasteiger charge is 2.14. The van der Waals surface area contributed by atoms with E-state index in [1.807, 2.05) is 6.92 Å². The summed E-state index contributed by atoms with van der Waals surface area (Å²) in [7, 11) is 0. The normalized spacial score (nSPS) is 12.2. The first kappa shape index (κ1) is 14.3. The number of hydrogen-bond donors (Lipinski definition) is 3. The molecule has 1 amide bonds. The minimum atomic E-state index is -0.313. The Kier molecular flexibility index (Phi) is 4.53. The fourth-order valence-corrected chi connectivity index (χ4v) is 1.85. The van der Waals surface area contributed by atoms with Gasteiger partial charge in [-0.05, 0) is 23.6 Å². The van der Waals surface area contributed by atoms with Crippen molar-refractivity contribution in [1.29, 1.82) is 0 Å². The van der Waals surface area contributed by atoms with Gasteiger partial charge in [-0.15, -0.1) is 0 Å². The van der Waals surface area contributed by atoms with E-state index < -0.39 is 0 Å². The van der Waals surface area contributed by atoms with Gasteiger partial charge in [-0.25, -0.2) is 4.39 Å². The Morgan fingerprint density at radius 1 is 1.35 bits per heavy atom. The van der Waals surface area contributed by atoms with E-state index in [9.17, 15) is 9.18 Å². The molecule has 5 heteroatoms. The molecule has 1 unspecified atom stereocenters. The second-order valence-corrected chi connectivity index (χ2v) is 4.79. The minimum Gasteiger partial charge on any atom is -0.396 e. The van der Waals surface area contributed by atoms with E-state index in [4.69, 9.17) is 5.11 Å². The highest BCUT2D eigenvalue weighted by molar-refractivity contribution is 6.00. The van der Waals surface area contributed by atoms with E-state index >= 15 is 0 Å². The van der Waals surface area contributed by atoms with Crippen molar-refractivity contribution in [2.45, 2.75) is 6.92 Å². The number of carbonyl (C=O) groups is 1. The number of aromatic nitrogens is 1. The molecular weight excluding hydrogens is 259 g/mol. The minimum absolute atomic E-state index is 0.00663. The van der Waals surface area contributed by atoms with E-state index in [2.05, 4.69) is 10.3 Å². The number of H-pyrrole nitrogens is 1. The molecule has 1 heterocycles. The second-order valence-electron chi connectivity index (χ2n) is 4.79. The lowest BCUT2D eigenvalue weighted by Crippen LogP contribution is -2.29. The van der Waals surface area contributed by atoms with Crippen LogP contribution in [0.2, 0.25) is 0 Å². The summed E-state index contributed by atoms with van der Waals surface area (Å²) in [6, 6.07) is 5.98. The zero-order valence-corrected chi connectivity index (χ0v) is 11.2. The van der Waals surface area contributed by atoms with Gasteiger partial charge in [0.25, 0.3) is 5.91 Å². The average Bonchev–Trinajstić information content (AvgIpc) is 2.94. The van der Waals surface area contributed by atoms with Crippen LogP contribution >= 0.6 is 0 Å². The van der Waals surface area contributed by atoms with Crippen LogP contribution in [0.3, 0.4) is 0 Å². The maximum Gasteiger partial charge on any atom is 0.253 e. The lowest BCUT2D eigenvalue weighted by atomic mass is 10.0. The summed E-state index contributed by atoms with van der Waals surface area (Å²) in [6.45, 7) is 2.28. The van der Waals surface area contributed by atoms with Gasteiger partial charge in [-0.2, -0.15) is 0 Å². The molecular formula is C15H17FN2O2. The van der Waals surface area contributed by atoms with Crippen molar-refractivity contribution < 1.29 is 14.3 Å². The number of amides is 1. The Labute approximate surface area is 116 Å². The van der Waals surface area contributed by atoms with Gasteiger partial charge < -0.3 is 15.4 Å². The molecule has 0 saturated carbocycles. The predicted molar refractivity (Wildman–Crippen MR) is 74.8 cm³/mol. The monoisotopic (exact) mass is 276 g/mol. The molecule has 1 aromatic heterocycles. The molecule has 0 fully saturated rings. The first-order valence-electron chi connectivity index (χ1n) is 6.43. The Hall–Kier alpha value is -2.14. The number of aliphatic hydroxyl groups is 1. The summed E-state index contributed by atoms with van der Waals surface area (Å²) in [5.74, 6) is -0.523. The van der Waals surface area contributed by atoms with Crippen molar-refractivity contribution in [3.05, 3.63) is 48.0 Å². The maximum atomic E-state index is 12.9. The van der Waals surface area contributed by atoms with Crippen LogP contribution in [0.25, 0.3) is 11.1 Å². The molecule has 0 spiro atoms. The van der Waals surface area contributed by atoms with E-state index in [1.54, 1.807) is 24.5 Å². The largest absolute Gasteiger partial charge is 0.396 e. The molecule has 106 valence electrons. The van der Waals surface area contributed by atoms with Crippen LogP contribution in [0, 0.1) is 11.7 Å². The van der Waals surface area contributed by atoms with Crippen molar-refractivity contribution in [2.24, 2.45) is 5.92 Å². The molecule has 0 aliphatic rings. The Morgan fingerprint density at radius 2 is 2.05 bits per heavy atom. The molecule has 3 N–H and O–H groups in total. The molecule has 1 aromatic carbocycles. The third-order valence-electron chi connectivity index (χ3n) is 3.07. The number of nitrogens with one attached hydrogen (secondary N) is 2. The number of halogens is 1. The standard InChI is InChI=1S/C15H17FN2O2/c1-10(9-19)6-18-15(20)14-8-17-7-13(14)11-2-4-12(16)5-3-11/h2-5,7-8,10,17,19H,6,9H2,1H3,(H,18,20). The van der Waals surface area contributed by atoms with Crippen LogP contribution in [-0.2, 0) is 0 Å². The van der Waals surface area contributed by atoms with Crippen LogP contribution in [0.4, 0.5) is 4.39 Å². The predicted octanol–water partition coefficient (Wildman–Crippen LogP) is 2.18. The average molecular weight is 276 g/mol. The molecule has 0 aliphatic carbocycles. The van der Waals surface area contributed by atoms with Crippen molar-refractivity contribution >= 4 is 5.91 Å². The molecule has 0 bridgehead atoms. The highest BCUT2D eigenvalue weighted by Crippen LogP contribution is 2.23. The Balaban J connectivity index is 2.16. The summed E-state index contributed by atoms with van der Waals surface area (Å²) < 4.78 is 12.9. The van der Waals surface area contributed by atoms with Crippen LogP contribution in [0.1, 0.15) is 17.3 Å². The number of hydrogen-bond acceptors (Lipinski definition) is 2. The van der Waals surface area contributed by atoms with Crippen molar-refractivity contribution in [2.75, 3.05) is 13.2 Å². The molecule has 1 atom stereocenters. The Morgan fingerprint density at radius 3 is 2.70 bits per heavy atom. The zero-order chi connectivity index (χ0) is 14.5. The summed E-state index contributed by atoms with van der Waals surface area (Å²) in [4.78, 5) is 15.0. The number of aromatic amines is 1. The SMILES string of the molecule is CC(CO)CNC(=O)c1c[nH]cc1-c1ccc(F)cc1. The van der Waals surface area contributed by atoms with E-state index in [-0.39, 0.29) is 24.2 Å². The van der Waals surface area contributed by atoms with E-state index in [0.717, 1.165) is 11.1 Å². The smallest absolute Gasteiger partial charge is 0.253 e. The summed E-state index contributed by atoms with van der Waals surface area (Å²) in [5.41, 5.74) is 1.99. The molecule has 0 saturated heterocycles. The van der Waals surface area contributed by atoms with Gasteiger partial charge >= 0.3 is 0 Å². The van der Waals surface area contributed by atoms with E-state index in [0.29, 0.717) is 12.1 Å². The van der Waals surface area contributed by atoms with Crippen LogP contribution < -0.4 is 5.32 Å². The molecule has 4 nitrogen and oxygen atoms in total. The third-order valence-corrected chi connectivity index (χ3v) is 3.07. The fraction of sp³-hybridized carbons (Fsp3) is 0.267. The lowest BCUT2D eigenvalue weighted by molar-refractivity contribution is 0.0943. The quantitative estimate of drug-likeness (QED) is 0.783. The zero-order valence-electron chi connectivity index (χ0n) is 11.2. The lowest BCUT2D eigenvalue weighted by Gasteiger charge is -2.10. The van der Waals surface area contributed by atoms with Gasteiger partial charge in [0.2, 0.25) is 0 Å². The first-order chi connectivity index (χ1) is 9.61. The summed E-state index contributed by atoms with van der Waals surface area (Å²) in [5, 5.41) is 11.7. The van der Waals surface area contributed by atoms with Crippen LogP contribution in [0.5, 0.6) is 0 Å². The van der Waals surface area contributed by atoms with Crippen molar-refractivity contribution in [3.8, 4) is 11.1 Å². The Bertz CT molecular complexity index is 578. The molecule has 0 aliphatic heterocycles. The maximum absolute atomic E-state index is 12.9. The van der Waals surface area contributed by atoms with Gasteiger partial charge in [0.15, 0.2) is 0 Å². The first-order valence-corrected chi connectivity index (χ1v) is 6.43. The molecule has 0 radical (unpaired) electrons. The van der Waals surface area contributed by atoms with Gasteiger partial charge in [0.1, 0.15) is 5.82 Å². The van der Waals surface area contributed by atoms with Gasteiger partial charge in [0.05, 0.1) is 5.56 Å². The molecule has 20 heavy (non-hydrogen) atoms. The van der Waals surface area contributed by atoms with Gasteiger partial charge in [0, 0.05) is 31.1 Å². The second kappa shape index (κ2) is 6.34. The molecule has 2 aromatic rings. The fourth-order valence-electron chi connectivity index (χ4n) is 1.85. The van der Waals surface area contributed by atoms with Crippen molar-refractivity contribution in [1.82, 2.24) is 10.3 Å². The number of benzene rings is 1. The highest BCUT2D eigenvalue weighted by atomic mass is 19.1. The number of carbonyl (C=O) groups excluding carboxylic acids is 1. The summed E-state index contributed by atoms with van der Waals surface area (Å²) >= 11 is 0. The van der Waals surface area contributed by atoms with Gasteiger partial charge in [-0.3, -0.25) is 4.79 Å². The topological polar surface area (TPSA) is 65.1 Å². The number of aliphatic hydroxyl groups excluding tert-OH is 1. The van der Waals surface area contributed by atoms with Crippen LogP contribution in [0.15, 0.2) is 36.7 Å². The van der Waals surface area contributed by atoms with E-state index in [1.165, 1.54) is 12.1 Å². The molecule has 2 rings (SSSR count). The number of rotatable bonds is 5. The van der Waals surface area contributed by atoms with Gasteiger partial charge in [-0.1, -0.05) is 19.1 Å².